The largest absolute Gasteiger partial charge is 0.384 e. The molecule has 0 fully saturated rings. The van der Waals surface area contributed by atoms with Crippen LogP contribution in [-0.2, 0) is 0 Å². The topological polar surface area (TPSA) is 59.1 Å². The van der Waals surface area contributed by atoms with E-state index in [0.29, 0.717) is 22.1 Å². The molecular formula is C15H14Br2N2O2. The first-order chi connectivity index (χ1) is 10.1. The summed E-state index contributed by atoms with van der Waals surface area (Å²) < 4.78 is 1.61. The SMILES string of the molecule is CCNc1ccc(C=O)cc1Br.O=Cc1cccc(Br)n1. The Hall–Kier alpha value is -1.53. The second-order valence-electron chi connectivity index (χ2n) is 3.89. The van der Waals surface area contributed by atoms with Gasteiger partial charge in [0, 0.05) is 22.3 Å². The van der Waals surface area contributed by atoms with Gasteiger partial charge in [0.15, 0.2) is 6.29 Å². The molecule has 1 N–H and O–H groups in total. The van der Waals surface area contributed by atoms with Crippen molar-refractivity contribution in [2.75, 3.05) is 11.9 Å². The maximum Gasteiger partial charge on any atom is 0.168 e. The molecule has 0 aliphatic rings. The van der Waals surface area contributed by atoms with Gasteiger partial charge in [-0.15, -0.1) is 0 Å². The fourth-order valence-corrected chi connectivity index (χ4v) is 2.32. The van der Waals surface area contributed by atoms with Crippen LogP contribution in [0.25, 0.3) is 0 Å². The van der Waals surface area contributed by atoms with Gasteiger partial charge in [-0.2, -0.15) is 0 Å². The van der Waals surface area contributed by atoms with Crippen molar-refractivity contribution in [2.45, 2.75) is 6.92 Å². The van der Waals surface area contributed by atoms with E-state index in [1.165, 1.54) is 0 Å². The summed E-state index contributed by atoms with van der Waals surface area (Å²) in [6.45, 7) is 2.90. The highest BCUT2D eigenvalue weighted by molar-refractivity contribution is 9.10. The Kier molecular flexibility index (Phi) is 7.85. The van der Waals surface area contributed by atoms with Crippen LogP contribution in [0.4, 0.5) is 5.69 Å². The lowest BCUT2D eigenvalue weighted by molar-refractivity contribution is 0.111. The van der Waals surface area contributed by atoms with Gasteiger partial charge in [0.2, 0.25) is 0 Å². The molecule has 0 unspecified atom stereocenters. The molecular weight excluding hydrogens is 400 g/mol. The molecule has 0 saturated carbocycles. The molecule has 0 saturated heterocycles. The van der Waals surface area contributed by atoms with Gasteiger partial charge < -0.3 is 5.32 Å². The summed E-state index contributed by atoms with van der Waals surface area (Å²) in [5.41, 5.74) is 2.15. The molecule has 2 aromatic rings. The average molecular weight is 414 g/mol. The van der Waals surface area contributed by atoms with E-state index >= 15 is 0 Å². The first-order valence-corrected chi connectivity index (χ1v) is 7.75. The van der Waals surface area contributed by atoms with Crippen molar-refractivity contribution in [3.05, 3.63) is 56.7 Å². The predicted octanol–water partition coefficient (Wildman–Crippen LogP) is 4.35. The average Bonchev–Trinajstić information content (AvgIpc) is 2.50. The molecule has 0 radical (unpaired) electrons. The lowest BCUT2D eigenvalue weighted by atomic mass is 10.2. The third kappa shape index (κ3) is 6.18. The standard InChI is InChI=1S/C9H10BrNO.C6H4BrNO/c1-2-11-9-4-3-7(6-12)5-8(9)10;7-6-3-1-2-5(4-9)8-6/h3-6,11H,2H2,1H3;1-4H. The number of halogens is 2. The predicted molar refractivity (Wildman–Crippen MR) is 91.0 cm³/mol. The molecule has 0 spiro atoms. The maximum atomic E-state index is 10.4. The van der Waals surface area contributed by atoms with Crippen LogP contribution in [0.3, 0.4) is 0 Å². The number of carbonyl (C=O) groups is 2. The maximum absolute atomic E-state index is 10.4. The molecule has 1 aromatic heterocycles. The van der Waals surface area contributed by atoms with Crippen molar-refractivity contribution < 1.29 is 9.59 Å². The minimum absolute atomic E-state index is 0.448. The Balaban J connectivity index is 0.000000219. The number of rotatable bonds is 4. The zero-order chi connectivity index (χ0) is 15.7. The Bertz CT molecular complexity index is 618. The number of nitrogens with zero attached hydrogens (tertiary/aromatic N) is 1. The minimum atomic E-state index is 0.448. The second kappa shape index (κ2) is 9.41. The summed E-state index contributed by atoms with van der Waals surface area (Å²) in [5.74, 6) is 0. The third-order valence-corrected chi connectivity index (χ3v) is 3.45. The molecule has 4 nitrogen and oxygen atoms in total. The van der Waals surface area contributed by atoms with Crippen molar-refractivity contribution >= 4 is 50.1 Å². The van der Waals surface area contributed by atoms with Gasteiger partial charge in [0.25, 0.3) is 0 Å². The first-order valence-electron chi connectivity index (χ1n) is 6.17. The van der Waals surface area contributed by atoms with Crippen molar-refractivity contribution in [3.8, 4) is 0 Å². The number of nitrogens with one attached hydrogen (secondary N) is 1. The molecule has 2 rings (SSSR count). The molecule has 0 amide bonds. The smallest absolute Gasteiger partial charge is 0.168 e. The van der Waals surface area contributed by atoms with Crippen molar-refractivity contribution in [1.29, 1.82) is 0 Å². The molecule has 0 aliphatic carbocycles. The summed E-state index contributed by atoms with van der Waals surface area (Å²) >= 11 is 6.50. The summed E-state index contributed by atoms with van der Waals surface area (Å²) in [7, 11) is 0. The van der Waals surface area contributed by atoms with Crippen molar-refractivity contribution in [3.63, 3.8) is 0 Å². The number of carbonyl (C=O) groups excluding carboxylic acids is 2. The summed E-state index contributed by atoms with van der Waals surface area (Å²) in [6, 6.07) is 10.7. The summed E-state index contributed by atoms with van der Waals surface area (Å²) in [4.78, 5) is 24.3. The number of benzene rings is 1. The number of hydrogen-bond acceptors (Lipinski definition) is 4. The highest BCUT2D eigenvalue weighted by Crippen LogP contribution is 2.22. The van der Waals surface area contributed by atoms with E-state index in [-0.39, 0.29) is 0 Å². The molecule has 1 heterocycles. The lowest BCUT2D eigenvalue weighted by Gasteiger charge is -2.05. The quantitative estimate of drug-likeness (QED) is 0.597. The van der Waals surface area contributed by atoms with Gasteiger partial charge in [-0.1, -0.05) is 6.07 Å². The third-order valence-electron chi connectivity index (χ3n) is 2.35. The first kappa shape index (κ1) is 17.5. The molecule has 0 atom stereocenters. The van der Waals surface area contributed by atoms with Crippen LogP contribution in [0, 0.1) is 0 Å². The zero-order valence-electron chi connectivity index (χ0n) is 11.3. The molecule has 6 heteroatoms. The minimum Gasteiger partial charge on any atom is -0.384 e. The van der Waals surface area contributed by atoms with Crippen LogP contribution >= 0.6 is 31.9 Å². The van der Waals surface area contributed by atoms with Crippen molar-refractivity contribution in [1.82, 2.24) is 4.98 Å². The molecule has 0 aliphatic heterocycles. The van der Waals surface area contributed by atoms with E-state index < -0.39 is 0 Å². The van der Waals surface area contributed by atoms with Gasteiger partial charge in [0.1, 0.15) is 16.6 Å². The Morgan fingerprint density at radius 1 is 1.14 bits per heavy atom. The highest BCUT2D eigenvalue weighted by Gasteiger charge is 1.98. The number of aromatic nitrogens is 1. The van der Waals surface area contributed by atoms with Gasteiger partial charge in [-0.25, -0.2) is 4.98 Å². The van der Waals surface area contributed by atoms with Crippen LogP contribution < -0.4 is 5.32 Å². The summed E-state index contributed by atoms with van der Waals surface area (Å²) in [6.07, 6.45) is 1.55. The number of pyridine rings is 1. The number of anilines is 1. The summed E-state index contributed by atoms with van der Waals surface area (Å²) in [5, 5.41) is 3.16. The van der Waals surface area contributed by atoms with E-state index in [1.54, 1.807) is 30.3 Å². The molecule has 110 valence electrons. The number of aldehydes is 2. The molecule has 1 aromatic carbocycles. The number of hydrogen-bond donors (Lipinski definition) is 1. The van der Waals surface area contributed by atoms with Crippen LogP contribution in [0.2, 0.25) is 0 Å². The van der Waals surface area contributed by atoms with Crippen molar-refractivity contribution in [2.24, 2.45) is 0 Å². The fraction of sp³-hybridized carbons (Fsp3) is 0.133. The second-order valence-corrected chi connectivity index (χ2v) is 5.56. The zero-order valence-corrected chi connectivity index (χ0v) is 14.5. The Morgan fingerprint density at radius 3 is 2.38 bits per heavy atom. The van der Waals surface area contributed by atoms with Crippen LogP contribution in [0.15, 0.2) is 45.5 Å². The van der Waals surface area contributed by atoms with Crippen LogP contribution in [0.5, 0.6) is 0 Å². The van der Waals surface area contributed by atoms with Gasteiger partial charge in [-0.05, 0) is 69.1 Å². The Labute approximate surface area is 140 Å². The lowest BCUT2D eigenvalue weighted by Crippen LogP contribution is -1.97. The van der Waals surface area contributed by atoms with Gasteiger partial charge in [0.05, 0.1) is 0 Å². The van der Waals surface area contributed by atoms with E-state index in [4.69, 9.17) is 0 Å². The Morgan fingerprint density at radius 2 is 1.90 bits per heavy atom. The van der Waals surface area contributed by atoms with Gasteiger partial charge >= 0.3 is 0 Å². The van der Waals surface area contributed by atoms with Crippen LogP contribution in [0.1, 0.15) is 27.8 Å². The normalized spacial score (nSPS) is 9.29. The molecule has 21 heavy (non-hydrogen) atoms. The van der Waals surface area contributed by atoms with E-state index in [9.17, 15) is 9.59 Å². The van der Waals surface area contributed by atoms with E-state index in [0.717, 1.165) is 23.0 Å². The van der Waals surface area contributed by atoms with E-state index in [2.05, 4.69) is 42.2 Å². The van der Waals surface area contributed by atoms with Crippen LogP contribution in [-0.4, -0.2) is 24.1 Å². The van der Waals surface area contributed by atoms with Gasteiger partial charge in [-0.3, -0.25) is 9.59 Å². The van der Waals surface area contributed by atoms with E-state index in [1.807, 2.05) is 13.0 Å². The monoisotopic (exact) mass is 412 g/mol. The molecule has 0 bridgehead atoms. The fourth-order valence-electron chi connectivity index (χ4n) is 1.43. The highest BCUT2D eigenvalue weighted by atomic mass is 79.9.